The monoisotopic (exact) mass is 971 g/mol. The third kappa shape index (κ3) is 51.5. The van der Waals surface area contributed by atoms with Crippen molar-refractivity contribution in [1.82, 2.24) is 5.32 Å². The smallest absolute Gasteiger partial charge is 0.268 e. The lowest BCUT2D eigenvalue weighted by molar-refractivity contribution is -0.870. The number of aliphatic hydroxyl groups is 1. The van der Waals surface area contributed by atoms with E-state index in [1.807, 2.05) is 21.1 Å². The zero-order valence-corrected chi connectivity index (χ0v) is 45.7. The number of quaternary nitrogens is 1. The lowest BCUT2D eigenvalue weighted by Crippen LogP contribution is -2.46. The molecule has 0 spiro atoms. The molecular weight excluding hydrogens is 864 g/mol. The minimum atomic E-state index is -4.58. The molecule has 0 aromatic rings. The van der Waals surface area contributed by atoms with Crippen LogP contribution in [0, 0.1) is 0 Å². The van der Waals surface area contributed by atoms with E-state index in [9.17, 15) is 19.4 Å². The van der Waals surface area contributed by atoms with Gasteiger partial charge in [0.25, 0.3) is 7.82 Å². The first-order valence-corrected chi connectivity index (χ1v) is 29.4. The first kappa shape index (κ1) is 65.7. The number of carbonyl (C=O) groups excluding carboxylic acids is 1. The van der Waals surface area contributed by atoms with Gasteiger partial charge in [0.05, 0.1) is 39.9 Å². The number of nitrogens with zero attached hydrogens (tertiary/aromatic N) is 1. The van der Waals surface area contributed by atoms with Gasteiger partial charge in [-0.15, -0.1) is 0 Å². The Morgan fingerprint density at radius 3 is 1.31 bits per heavy atom. The van der Waals surface area contributed by atoms with Gasteiger partial charge < -0.3 is 28.8 Å². The summed E-state index contributed by atoms with van der Waals surface area (Å²) in [6.45, 7) is 4.60. The number of allylic oxidation sites excluding steroid dienone is 14. The molecule has 0 aromatic heterocycles. The van der Waals surface area contributed by atoms with Crippen LogP contribution in [0.25, 0.3) is 0 Å². The van der Waals surface area contributed by atoms with Gasteiger partial charge in [0.2, 0.25) is 5.91 Å². The molecule has 3 atom stereocenters. The van der Waals surface area contributed by atoms with Crippen molar-refractivity contribution < 1.29 is 32.9 Å². The average Bonchev–Trinajstić information content (AvgIpc) is 3.30. The molecule has 0 saturated heterocycles. The number of likely N-dealkylation sites (N-methyl/N-ethyl adjacent to an activating group) is 1. The van der Waals surface area contributed by atoms with Crippen molar-refractivity contribution in [3.8, 4) is 0 Å². The van der Waals surface area contributed by atoms with Crippen molar-refractivity contribution in [3.05, 3.63) is 85.1 Å². The lowest BCUT2D eigenvalue weighted by Gasteiger charge is -2.30. The van der Waals surface area contributed by atoms with Gasteiger partial charge >= 0.3 is 0 Å². The third-order valence-corrected chi connectivity index (χ3v) is 13.1. The molecule has 1 amide bonds. The van der Waals surface area contributed by atoms with Crippen molar-refractivity contribution in [2.45, 2.75) is 244 Å². The zero-order valence-electron chi connectivity index (χ0n) is 44.8. The number of amides is 1. The molecule has 0 aromatic carbocycles. The summed E-state index contributed by atoms with van der Waals surface area (Å²) in [5.74, 6) is -0.178. The van der Waals surface area contributed by atoms with Crippen LogP contribution in [-0.2, 0) is 18.4 Å². The molecule has 0 saturated carbocycles. The maximum absolute atomic E-state index is 13.0. The maximum atomic E-state index is 13.0. The Morgan fingerprint density at radius 1 is 0.529 bits per heavy atom. The van der Waals surface area contributed by atoms with E-state index in [0.29, 0.717) is 23.9 Å². The number of unbranched alkanes of at least 4 members (excludes halogenated alkanes) is 23. The summed E-state index contributed by atoms with van der Waals surface area (Å²) in [4.78, 5) is 25.5. The number of aliphatic hydroxyl groups excluding tert-OH is 1. The largest absolute Gasteiger partial charge is 0.756 e. The van der Waals surface area contributed by atoms with Gasteiger partial charge in [0.15, 0.2) is 0 Å². The molecule has 0 rings (SSSR count). The Labute approximate surface area is 420 Å². The fourth-order valence-corrected chi connectivity index (χ4v) is 8.51. The van der Waals surface area contributed by atoms with E-state index in [-0.39, 0.29) is 19.1 Å². The maximum Gasteiger partial charge on any atom is 0.268 e. The van der Waals surface area contributed by atoms with Gasteiger partial charge in [0, 0.05) is 6.42 Å². The minimum Gasteiger partial charge on any atom is -0.756 e. The van der Waals surface area contributed by atoms with Gasteiger partial charge in [-0.2, -0.15) is 0 Å². The number of hydrogen-bond acceptors (Lipinski definition) is 6. The molecular formula is C59H107N2O6P. The Balaban J connectivity index is 4.23. The van der Waals surface area contributed by atoms with Crippen LogP contribution in [0.4, 0.5) is 0 Å². The highest BCUT2D eigenvalue weighted by Crippen LogP contribution is 2.38. The van der Waals surface area contributed by atoms with E-state index in [1.54, 1.807) is 0 Å². The van der Waals surface area contributed by atoms with Crippen molar-refractivity contribution >= 4 is 13.7 Å². The highest BCUT2D eigenvalue weighted by molar-refractivity contribution is 7.45. The molecule has 0 radical (unpaired) electrons. The van der Waals surface area contributed by atoms with Gasteiger partial charge in [-0.1, -0.05) is 240 Å². The van der Waals surface area contributed by atoms with E-state index in [2.05, 4.69) is 104 Å². The van der Waals surface area contributed by atoms with Gasteiger partial charge in [-0.25, -0.2) is 0 Å². The van der Waals surface area contributed by atoms with Crippen LogP contribution in [0.2, 0.25) is 0 Å². The van der Waals surface area contributed by atoms with Crippen LogP contribution in [-0.4, -0.2) is 68.5 Å². The Morgan fingerprint density at radius 2 is 0.897 bits per heavy atom. The minimum absolute atomic E-state index is 0.00584. The summed E-state index contributed by atoms with van der Waals surface area (Å²) >= 11 is 0. The van der Waals surface area contributed by atoms with E-state index in [1.165, 1.54) is 109 Å². The Bertz CT molecular complexity index is 1380. The molecule has 0 fully saturated rings. The molecule has 0 aliphatic heterocycles. The van der Waals surface area contributed by atoms with Gasteiger partial charge in [-0.05, 0) is 70.6 Å². The van der Waals surface area contributed by atoms with Crippen LogP contribution < -0.4 is 10.2 Å². The summed E-state index contributed by atoms with van der Waals surface area (Å²) in [5, 5.41) is 14.0. The summed E-state index contributed by atoms with van der Waals surface area (Å²) in [7, 11) is 1.29. The third-order valence-electron chi connectivity index (χ3n) is 12.1. The van der Waals surface area contributed by atoms with E-state index in [4.69, 9.17) is 9.05 Å². The van der Waals surface area contributed by atoms with E-state index in [0.717, 1.165) is 96.3 Å². The molecule has 0 aliphatic carbocycles. The molecule has 0 heterocycles. The second kappa shape index (κ2) is 49.7. The topological polar surface area (TPSA) is 108 Å². The molecule has 394 valence electrons. The van der Waals surface area contributed by atoms with Crippen LogP contribution in [0.5, 0.6) is 0 Å². The Hall–Kier alpha value is -2.32. The fourth-order valence-electron chi connectivity index (χ4n) is 7.79. The highest BCUT2D eigenvalue weighted by atomic mass is 31.2. The van der Waals surface area contributed by atoms with Crippen molar-refractivity contribution in [1.29, 1.82) is 0 Å². The molecule has 0 bridgehead atoms. The van der Waals surface area contributed by atoms with Crippen LogP contribution >= 0.6 is 7.82 Å². The SMILES string of the molecule is CC/C=C\C/C=C\C/C=C\C/C=C\C/C=C\C/C=C\C/C=C\CCCCCCCCCC(=O)NC(COP(=O)([O-])OCC[N+](C)(C)C)C(O)CCCCCCCCCCCCCCCCCCC. The van der Waals surface area contributed by atoms with Crippen LogP contribution in [0.15, 0.2) is 85.1 Å². The molecule has 0 aliphatic rings. The first-order valence-electron chi connectivity index (χ1n) is 27.9. The summed E-state index contributed by atoms with van der Waals surface area (Å²) in [5.41, 5.74) is 0. The molecule has 8 nitrogen and oxygen atoms in total. The van der Waals surface area contributed by atoms with E-state index >= 15 is 0 Å². The average molecular weight is 971 g/mol. The fraction of sp³-hybridized carbons (Fsp3) is 0.746. The summed E-state index contributed by atoms with van der Waals surface area (Å²) in [6.07, 6.45) is 68.8. The number of phosphoric ester groups is 1. The Kier molecular flexibility index (Phi) is 48.0. The van der Waals surface area contributed by atoms with Gasteiger partial charge in [0.1, 0.15) is 13.2 Å². The molecule has 68 heavy (non-hydrogen) atoms. The lowest BCUT2D eigenvalue weighted by atomic mass is 10.0. The van der Waals surface area contributed by atoms with Crippen LogP contribution in [0.1, 0.15) is 232 Å². The predicted octanol–water partition coefficient (Wildman–Crippen LogP) is 16.2. The standard InChI is InChI=1S/C59H107N2O6P/c1-6-8-10-12-14-16-18-20-22-24-25-26-27-28-29-30-31-32-33-34-35-37-39-41-43-45-47-49-51-53-59(63)60-57(56-67-68(64,65)66-55-54-61(3,4)5)58(62)52-50-48-46-44-42-40-38-36-23-21-19-17-15-13-11-9-7-2/h8,10,14,16,20,22,25-26,28-29,31-32,34-35,57-58,62H,6-7,9,11-13,15,17-19,21,23-24,27,30,33,36-56H2,1-5H3,(H-,60,63,64,65)/b10-8-,16-14-,22-20-,26-25-,29-28-,32-31-,35-34-. The normalized spacial score (nSPS) is 14.6. The predicted molar refractivity (Wildman–Crippen MR) is 293 cm³/mol. The molecule has 3 unspecified atom stereocenters. The summed E-state index contributed by atoms with van der Waals surface area (Å²) in [6, 6.07) is -0.813. The van der Waals surface area contributed by atoms with Gasteiger partial charge in [-0.3, -0.25) is 9.36 Å². The zero-order chi connectivity index (χ0) is 49.9. The number of phosphoric acid groups is 1. The second-order valence-corrected chi connectivity index (χ2v) is 21.3. The van der Waals surface area contributed by atoms with Crippen molar-refractivity contribution in [3.63, 3.8) is 0 Å². The van der Waals surface area contributed by atoms with Crippen molar-refractivity contribution in [2.75, 3.05) is 40.9 Å². The van der Waals surface area contributed by atoms with Crippen LogP contribution in [0.3, 0.4) is 0 Å². The molecule has 9 heteroatoms. The van der Waals surface area contributed by atoms with Crippen molar-refractivity contribution in [2.24, 2.45) is 0 Å². The second-order valence-electron chi connectivity index (χ2n) is 19.9. The number of rotatable bonds is 50. The number of carbonyl (C=O) groups is 1. The highest BCUT2D eigenvalue weighted by Gasteiger charge is 2.24. The number of hydrogen-bond donors (Lipinski definition) is 2. The number of nitrogens with one attached hydrogen (secondary N) is 1. The first-order chi connectivity index (χ1) is 33.0. The summed E-state index contributed by atoms with van der Waals surface area (Å²) < 4.78 is 23.4. The quantitative estimate of drug-likeness (QED) is 0.0272. The van der Waals surface area contributed by atoms with E-state index < -0.39 is 20.0 Å². The molecule has 2 N–H and O–H groups in total.